The monoisotopic (exact) mass is 237 g/mol. The zero-order chi connectivity index (χ0) is 9.26. The van der Waals surface area contributed by atoms with Gasteiger partial charge in [-0.05, 0) is 22.9 Å². The van der Waals surface area contributed by atoms with Crippen molar-refractivity contribution in [3.05, 3.63) is 34.4 Å². The molecule has 0 saturated heterocycles. The second-order valence-corrected chi connectivity index (χ2v) is 3.58. The van der Waals surface area contributed by atoms with Crippen molar-refractivity contribution in [2.24, 2.45) is 0 Å². The van der Waals surface area contributed by atoms with Crippen LogP contribution in [0.4, 0.5) is 0 Å². The second kappa shape index (κ2) is 3.30. The molecule has 2 aromatic rings. The van der Waals surface area contributed by atoms with Crippen molar-refractivity contribution < 1.29 is 0 Å². The number of aromatic nitrogens is 3. The van der Waals surface area contributed by atoms with Gasteiger partial charge < -0.3 is 0 Å². The van der Waals surface area contributed by atoms with Gasteiger partial charge in [0.2, 0.25) is 0 Å². The molecule has 1 N–H and O–H groups in total. The Kier molecular flexibility index (Phi) is 2.14. The Labute approximate surface area is 84.3 Å². The Morgan fingerprint density at radius 3 is 2.38 bits per heavy atom. The van der Waals surface area contributed by atoms with E-state index in [1.165, 1.54) is 5.56 Å². The number of benzene rings is 1. The molecule has 66 valence electrons. The average Bonchev–Trinajstić information content (AvgIpc) is 2.53. The molecule has 1 heterocycles. The van der Waals surface area contributed by atoms with E-state index in [2.05, 4.69) is 50.4 Å². The lowest BCUT2D eigenvalue weighted by atomic mass is 10.1. The number of hydrogen-bond donors (Lipinski definition) is 1. The van der Waals surface area contributed by atoms with Crippen LogP contribution in [0, 0.1) is 6.92 Å². The van der Waals surface area contributed by atoms with E-state index < -0.39 is 0 Å². The van der Waals surface area contributed by atoms with Crippen LogP contribution in [0.3, 0.4) is 0 Å². The average molecular weight is 238 g/mol. The van der Waals surface area contributed by atoms with Crippen LogP contribution in [-0.2, 0) is 0 Å². The van der Waals surface area contributed by atoms with Crippen molar-refractivity contribution in [1.82, 2.24) is 15.4 Å². The Bertz CT molecular complexity index is 405. The standard InChI is InChI=1S/C9H8BrN3/c1-6-2-4-7(5-3-6)8-9(10)12-13-11-8/h2-5H,1H3,(H,11,12,13). The molecule has 0 amide bonds. The number of nitrogens with zero attached hydrogens (tertiary/aromatic N) is 2. The molecule has 0 atom stereocenters. The van der Waals surface area contributed by atoms with E-state index in [0.29, 0.717) is 0 Å². The SMILES string of the molecule is Cc1ccc(-c2n[nH]nc2Br)cc1. The maximum atomic E-state index is 4.03. The van der Waals surface area contributed by atoms with Crippen molar-refractivity contribution in [3.8, 4) is 11.3 Å². The van der Waals surface area contributed by atoms with E-state index in [0.717, 1.165) is 15.9 Å². The third-order valence-corrected chi connectivity index (χ3v) is 2.38. The summed E-state index contributed by atoms with van der Waals surface area (Å²) in [6.07, 6.45) is 0. The predicted octanol–water partition coefficient (Wildman–Crippen LogP) is 2.54. The van der Waals surface area contributed by atoms with Crippen LogP contribution in [0.2, 0.25) is 0 Å². The molecule has 0 fully saturated rings. The zero-order valence-electron chi connectivity index (χ0n) is 7.08. The van der Waals surface area contributed by atoms with Gasteiger partial charge >= 0.3 is 0 Å². The second-order valence-electron chi connectivity index (χ2n) is 2.83. The van der Waals surface area contributed by atoms with Crippen molar-refractivity contribution in [1.29, 1.82) is 0 Å². The molecule has 0 radical (unpaired) electrons. The van der Waals surface area contributed by atoms with E-state index in [-0.39, 0.29) is 0 Å². The van der Waals surface area contributed by atoms with Gasteiger partial charge in [0, 0.05) is 5.56 Å². The van der Waals surface area contributed by atoms with Crippen molar-refractivity contribution >= 4 is 15.9 Å². The summed E-state index contributed by atoms with van der Waals surface area (Å²) in [4.78, 5) is 0. The maximum absolute atomic E-state index is 4.03. The van der Waals surface area contributed by atoms with Crippen LogP contribution >= 0.6 is 15.9 Å². The van der Waals surface area contributed by atoms with Crippen molar-refractivity contribution in [2.75, 3.05) is 0 Å². The van der Waals surface area contributed by atoms with Gasteiger partial charge in [-0.1, -0.05) is 29.8 Å². The van der Waals surface area contributed by atoms with E-state index in [4.69, 9.17) is 0 Å². The molecule has 13 heavy (non-hydrogen) atoms. The number of hydrogen-bond acceptors (Lipinski definition) is 2. The van der Waals surface area contributed by atoms with Crippen LogP contribution in [0.15, 0.2) is 28.9 Å². The number of aromatic amines is 1. The van der Waals surface area contributed by atoms with Crippen LogP contribution in [0.25, 0.3) is 11.3 Å². The lowest BCUT2D eigenvalue weighted by molar-refractivity contribution is 0.935. The van der Waals surface area contributed by atoms with E-state index in [9.17, 15) is 0 Å². The molecule has 0 aliphatic carbocycles. The summed E-state index contributed by atoms with van der Waals surface area (Å²) >= 11 is 3.32. The topological polar surface area (TPSA) is 41.6 Å². The van der Waals surface area contributed by atoms with Gasteiger partial charge in [0.1, 0.15) is 5.69 Å². The van der Waals surface area contributed by atoms with Gasteiger partial charge in [0.25, 0.3) is 0 Å². The van der Waals surface area contributed by atoms with E-state index in [1.54, 1.807) is 0 Å². The number of nitrogens with one attached hydrogen (secondary N) is 1. The number of aryl methyl sites for hydroxylation is 1. The quantitative estimate of drug-likeness (QED) is 0.829. The van der Waals surface area contributed by atoms with Gasteiger partial charge in [-0.2, -0.15) is 10.3 Å². The smallest absolute Gasteiger partial charge is 0.156 e. The Morgan fingerprint density at radius 2 is 1.85 bits per heavy atom. The highest BCUT2D eigenvalue weighted by Gasteiger charge is 2.05. The summed E-state index contributed by atoms with van der Waals surface area (Å²) < 4.78 is 0.747. The lowest BCUT2D eigenvalue weighted by Gasteiger charge is -1.96. The molecule has 0 spiro atoms. The first kappa shape index (κ1) is 8.44. The summed E-state index contributed by atoms with van der Waals surface area (Å²) in [5.74, 6) is 0. The minimum atomic E-state index is 0.747. The Morgan fingerprint density at radius 1 is 1.15 bits per heavy atom. The molecule has 1 aromatic carbocycles. The van der Waals surface area contributed by atoms with Gasteiger partial charge in [-0.15, -0.1) is 5.10 Å². The van der Waals surface area contributed by atoms with Gasteiger partial charge in [-0.25, -0.2) is 0 Å². The summed E-state index contributed by atoms with van der Waals surface area (Å²) in [6.45, 7) is 2.06. The van der Waals surface area contributed by atoms with Crippen LogP contribution in [0.1, 0.15) is 5.56 Å². The minimum Gasteiger partial charge on any atom is -0.196 e. The molecule has 0 unspecified atom stereocenters. The molecular formula is C9H8BrN3. The molecule has 0 bridgehead atoms. The first-order valence-corrected chi connectivity index (χ1v) is 4.70. The van der Waals surface area contributed by atoms with Gasteiger partial charge in [-0.3, -0.25) is 0 Å². The van der Waals surface area contributed by atoms with Gasteiger partial charge in [0.15, 0.2) is 4.60 Å². The minimum absolute atomic E-state index is 0.747. The fourth-order valence-corrected chi connectivity index (χ4v) is 1.51. The fourth-order valence-electron chi connectivity index (χ4n) is 1.11. The highest BCUT2D eigenvalue weighted by Crippen LogP contribution is 2.23. The Hall–Kier alpha value is -1.16. The van der Waals surface area contributed by atoms with E-state index in [1.807, 2.05) is 12.1 Å². The largest absolute Gasteiger partial charge is 0.196 e. The summed E-state index contributed by atoms with van der Waals surface area (Å²) in [7, 11) is 0. The van der Waals surface area contributed by atoms with Crippen LogP contribution in [-0.4, -0.2) is 15.4 Å². The van der Waals surface area contributed by atoms with Crippen molar-refractivity contribution in [2.45, 2.75) is 6.92 Å². The maximum Gasteiger partial charge on any atom is 0.156 e. The van der Waals surface area contributed by atoms with Crippen molar-refractivity contribution in [3.63, 3.8) is 0 Å². The van der Waals surface area contributed by atoms with Crippen LogP contribution < -0.4 is 0 Å². The number of rotatable bonds is 1. The van der Waals surface area contributed by atoms with E-state index >= 15 is 0 Å². The molecule has 0 saturated carbocycles. The molecule has 3 nitrogen and oxygen atoms in total. The lowest BCUT2D eigenvalue weighted by Crippen LogP contribution is -1.79. The first-order chi connectivity index (χ1) is 6.27. The third kappa shape index (κ3) is 1.62. The van der Waals surface area contributed by atoms with Gasteiger partial charge in [0.05, 0.1) is 0 Å². The highest BCUT2D eigenvalue weighted by atomic mass is 79.9. The molecule has 1 aromatic heterocycles. The normalized spacial score (nSPS) is 10.3. The summed E-state index contributed by atoms with van der Waals surface area (Å²) in [6, 6.07) is 8.16. The molecular weight excluding hydrogens is 230 g/mol. The summed E-state index contributed by atoms with van der Waals surface area (Å²) in [5.41, 5.74) is 3.15. The zero-order valence-corrected chi connectivity index (χ0v) is 8.67. The molecule has 4 heteroatoms. The molecule has 0 aliphatic rings. The molecule has 2 rings (SSSR count). The Balaban J connectivity index is 2.47. The number of H-pyrrole nitrogens is 1. The third-order valence-electron chi connectivity index (χ3n) is 1.83. The first-order valence-electron chi connectivity index (χ1n) is 3.90. The number of halogens is 1. The predicted molar refractivity (Wildman–Crippen MR) is 54.3 cm³/mol. The van der Waals surface area contributed by atoms with Crippen LogP contribution in [0.5, 0.6) is 0 Å². The highest BCUT2D eigenvalue weighted by molar-refractivity contribution is 9.10. The fraction of sp³-hybridized carbons (Fsp3) is 0.111. The molecule has 0 aliphatic heterocycles. The summed E-state index contributed by atoms with van der Waals surface area (Å²) in [5, 5.41) is 10.5.